The second-order valence-corrected chi connectivity index (χ2v) is 4.71. The quantitative estimate of drug-likeness (QED) is 0.811. The second-order valence-electron chi connectivity index (χ2n) is 4.71. The molecular formula is C14H16N4O2. The molecule has 4 N–H and O–H groups in total. The summed E-state index contributed by atoms with van der Waals surface area (Å²) < 4.78 is 1.25. The smallest absolute Gasteiger partial charge is 0.239 e. The minimum Gasteiger partial charge on any atom is -0.383 e. The van der Waals surface area contributed by atoms with Gasteiger partial charge in [-0.15, -0.1) is 0 Å². The Morgan fingerprint density at radius 3 is 2.70 bits per heavy atom. The molecule has 0 aliphatic carbocycles. The maximum absolute atomic E-state index is 11.3. The van der Waals surface area contributed by atoms with Crippen molar-refractivity contribution in [2.75, 3.05) is 5.73 Å². The van der Waals surface area contributed by atoms with Crippen LogP contribution in [0, 0.1) is 13.8 Å². The number of primary amides is 1. The number of nitrogen functional groups attached to an aromatic ring is 1. The molecule has 2 aromatic rings. The van der Waals surface area contributed by atoms with E-state index in [1.165, 1.54) is 4.68 Å². The van der Waals surface area contributed by atoms with Gasteiger partial charge < -0.3 is 11.5 Å². The van der Waals surface area contributed by atoms with Gasteiger partial charge in [-0.1, -0.05) is 17.7 Å². The van der Waals surface area contributed by atoms with E-state index in [0.717, 1.165) is 16.7 Å². The third-order valence-electron chi connectivity index (χ3n) is 3.10. The number of anilines is 1. The Morgan fingerprint density at radius 1 is 1.40 bits per heavy atom. The number of nitrogens with zero attached hydrogens (tertiary/aromatic N) is 2. The highest BCUT2D eigenvalue weighted by Crippen LogP contribution is 2.29. The lowest BCUT2D eigenvalue weighted by molar-refractivity contribution is -0.118. The van der Waals surface area contributed by atoms with Crippen molar-refractivity contribution in [3.05, 3.63) is 34.9 Å². The molecule has 0 spiro atoms. The molecule has 2 rings (SSSR count). The summed E-state index contributed by atoms with van der Waals surface area (Å²) in [5, 5.41) is 4.25. The summed E-state index contributed by atoms with van der Waals surface area (Å²) in [6, 6.07) is 5.85. The number of benzene rings is 1. The third-order valence-corrected chi connectivity index (χ3v) is 3.10. The number of aromatic nitrogens is 2. The number of aldehydes is 1. The van der Waals surface area contributed by atoms with Crippen LogP contribution in [0.3, 0.4) is 0 Å². The van der Waals surface area contributed by atoms with Gasteiger partial charge in [0.1, 0.15) is 18.1 Å². The number of hydrogen-bond donors (Lipinski definition) is 2. The number of carbonyl (C=O) groups excluding carboxylic acids is 2. The lowest BCUT2D eigenvalue weighted by Crippen LogP contribution is -2.20. The van der Waals surface area contributed by atoms with Crippen molar-refractivity contribution in [1.82, 2.24) is 9.78 Å². The molecular weight excluding hydrogens is 256 g/mol. The van der Waals surface area contributed by atoms with Crippen LogP contribution in [0.5, 0.6) is 0 Å². The van der Waals surface area contributed by atoms with Crippen molar-refractivity contribution in [1.29, 1.82) is 0 Å². The van der Waals surface area contributed by atoms with Crippen molar-refractivity contribution >= 4 is 18.0 Å². The summed E-state index contributed by atoms with van der Waals surface area (Å²) in [5.74, 6) is -0.418. The summed E-state index contributed by atoms with van der Waals surface area (Å²) >= 11 is 0. The topological polar surface area (TPSA) is 104 Å². The lowest BCUT2D eigenvalue weighted by atomic mass is 10.0. The molecule has 1 heterocycles. The molecule has 0 atom stereocenters. The van der Waals surface area contributed by atoms with Crippen LogP contribution < -0.4 is 11.5 Å². The van der Waals surface area contributed by atoms with Gasteiger partial charge in [0.25, 0.3) is 0 Å². The van der Waals surface area contributed by atoms with E-state index < -0.39 is 5.91 Å². The second kappa shape index (κ2) is 5.16. The molecule has 1 aromatic heterocycles. The van der Waals surface area contributed by atoms with Gasteiger partial charge in [0.2, 0.25) is 5.91 Å². The van der Waals surface area contributed by atoms with Crippen molar-refractivity contribution in [2.24, 2.45) is 5.73 Å². The normalized spacial score (nSPS) is 10.5. The van der Waals surface area contributed by atoms with Crippen LogP contribution >= 0.6 is 0 Å². The van der Waals surface area contributed by atoms with Gasteiger partial charge in [-0.3, -0.25) is 9.59 Å². The van der Waals surface area contributed by atoms with E-state index in [1.54, 1.807) is 0 Å². The lowest BCUT2D eigenvalue weighted by Gasteiger charge is -2.04. The summed E-state index contributed by atoms with van der Waals surface area (Å²) in [4.78, 5) is 22.3. The average Bonchev–Trinajstić information content (AvgIpc) is 2.68. The summed E-state index contributed by atoms with van der Waals surface area (Å²) in [6.45, 7) is 3.72. The highest BCUT2D eigenvalue weighted by molar-refractivity contribution is 5.92. The molecule has 0 unspecified atom stereocenters. The predicted molar refractivity (Wildman–Crippen MR) is 76.1 cm³/mol. The fourth-order valence-electron chi connectivity index (χ4n) is 2.06. The summed E-state index contributed by atoms with van der Waals surface area (Å²) in [6.07, 6.45) is 0.650. The molecule has 0 fully saturated rings. The standard InChI is InChI=1S/C14H16N4O2/c1-8-3-4-9(2)10(5-8)13-11(7-19)14(16)18(17-13)6-12(15)20/h3-5,7H,6,16H2,1-2H3,(H2,15,20). The fourth-order valence-corrected chi connectivity index (χ4v) is 2.06. The Kier molecular flexibility index (Phi) is 3.56. The maximum Gasteiger partial charge on any atom is 0.239 e. The minimum absolute atomic E-state index is 0.148. The zero-order chi connectivity index (χ0) is 14.9. The van der Waals surface area contributed by atoms with Crippen LogP contribution in [0.4, 0.5) is 5.82 Å². The monoisotopic (exact) mass is 272 g/mol. The molecule has 0 aliphatic heterocycles. The Bertz CT molecular complexity index is 689. The number of carbonyl (C=O) groups is 2. The van der Waals surface area contributed by atoms with Gasteiger partial charge in [-0.25, -0.2) is 4.68 Å². The molecule has 0 saturated heterocycles. The summed E-state index contributed by atoms with van der Waals surface area (Å²) in [7, 11) is 0. The van der Waals surface area contributed by atoms with E-state index in [-0.39, 0.29) is 17.9 Å². The first-order chi connectivity index (χ1) is 9.43. The van der Waals surface area contributed by atoms with Gasteiger partial charge in [0.05, 0.1) is 5.56 Å². The molecule has 0 saturated carbocycles. The van der Waals surface area contributed by atoms with Crippen LogP contribution in [0.2, 0.25) is 0 Å². The number of rotatable bonds is 4. The van der Waals surface area contributed by atoms with Crippen LogP contribution in [0.1, 0.15) is 21.5 Å². The SMILES string of the molecule is Cc1ccc(C)c(-c2nn(CC(N)=O)c(N)c2C=O)c1. The number of hydrogen-bond acceptors (Lipinski definition) is 4. The molecule has 6 heteroatoms. The van der Waals surface area contributed by atoms with Crippen molar-refractivity contribution in [3.63, 3.8) is 0 Å². The van der Waals surface area contributed by atoms with E-state index in [9.17, 15) is 9.59 Å². The Morgan fingerprint density at radius 2 is 2.10 bits per heavy atom. The average molecular weight is 272 g/mol. The van der Waals surface area contributed by atoms with Crippen LogP contribution in [-0.4, -0.2) is 22.0 Å². The highest BCUT2D eigenvalue weighted by Gasteiger charge is 2.18. The molecule has 1 amide bonds. The number of amides is 1. The Hall–Kier alpha value is -2.63. The highest BCUT2D eigenvalue weighted by atomic mass is 16.1. The van der Waals surface area contributed by atoms with Gasteiger partial charge in [0.15, 0.2) is 6.29 Å². The van der Waals surface area contributed by atoms with E-state index in [0.29, 0.717) is 12.0 Å². The first-order valence-electron chi connectivity index (χ1n) is 6.11. The van der Waals surface area contributed by atoms with Crippen LogP contribution in [0.25, 0.3) is 11.3 Å². The molecule has 0 radical (unpaired) electrons. The minimum atomic E-state index is -0.566. The number of nitrogens with two attached hydrogens (primary N) is 2. The van der Waals surface area contributed by atoms with Crippen molar-refractivity contribution in [2.45, 2.75) is 20.4 Å². The van der Waals surface area contributed by atoms with Crippen molar-refractivity contribution < 1.29 is 9.59 Å². The van der Waals surface area contributed by atoms with E-state index in [1.807, 2.05) is 32.0 Å². The number of aryl methyl sites for hydroxylation is 2. The van der Waals surface area contributed by atoms with E-state index in [2.05, 4.69) is 5.10 Å². The largest absolute Gasteiger partial charge is 0.383 e. The van der Waals surface area contributed by atoms with E-state index in [4.69, 9.17) is 11.5 Å². The van der Waals surface area contributed by atoms with Gasteiger partial charge in [-0.05, 0) is 25.5 Å². The summed E-state index contributed by atoms with van der Waals surface area (Å²) in [5.41, 5.74) is 14.6. The zero-order valence-corrected chi connectivity index (χ0v) is 11.4. The Balaban J connectivity index is 2.64. The van der Waals surface area contributed by atoms with Crippen molar-refractivity contribution in [3.8, 4) is 11.3 Å². The molecule has 104 valence electrons. The van der Waals surface area contributed by atoms with Crippen LogP contribution in [-0.2, 0) is 11.3 Å². The third kappa shape index (κ3) is 2.40. The van der Waals surface area contributed by atoms with E-state index >= 15 is 0 Å². The molecule has 0 aliphatic rings. The first-order valence-corrected chi connectivity index (χ1v) is 6.11. The predicted octanol–water partition coefficient (Wildman–Crippen LogP) is 1.05. The van der Waals surface area contributed by atoms with Gasteiger partial charge >= 0.3 is 0 Å². The zero-order valence-electron chi connectivity index (χ0n) is 11.4. The fraction of sp³-hybridized carbons (Fsp3) is 0.214. The van der Waals surface area contributed by atoms with Gasteiger partial charge in [0, 0.05) is 5.56 Å². The maximum atomic E-state index is 11.3. The Labute approximate surface area is 116 Å². The molecule has 6 nitrogen and oxygen atoms in total. The van der Waals surface area contributed by atoms with Crippen LogP contribution in [0.15, 0.2) is 18.2 Å². The molecule has 1 aromatic carbocycles. The molecule has 0 bridgehead atoms. The molecule has 20 heavy (non-hydrogen) atoms. The first kappa shape index (κ1) is 13.8. The van der Waals surface area contributed by atoms with Gasteiger partial charge in [-0.2, -0.15) is 5.10 Å².